The van der Waals surface area contributed by atoms with Gasteiger partial charge in [0.05, 0.1) is 5.69 Å². The van der Waals surface area contributed by atoms with E-state index in [2.05, 4.69) is 158 Å². The van der Waals surface area contributed by atoms with E-state index >= 15 is 0 Å². The third-order valence-electron chi connectivity index (χ3n) is 8.19. The first kappa shape index (κ1) is 27.9. The van der Waals surface area contributed by atoms with Crippen molar-refractivity contribution in [2.45, 2.75) is 6.92 Å². The monoisotopic (exact) mass is 579 g/mol. The zero-order valence-corrected chi connectivity index (χ0v) is 25.2. The van der Waals surface area contributed by atoms with Crippen molar-refractivity contribution in [2.75, 3.05) is 4.90 Å². The maximum absolute atomic E-state index is 6.59. The lowest BCUT2D eigenvalue weighted by Gasteiger charge is -2.27. The van der Waals surface area contributed by atoms with Gasteiger partial charge in [-0.1, -0.05) is 134 Å². The lowest BCUT2D eigenvalue weighted by molar-refractivity contribution is 0.669. The van der Waals surface area contributed by atoms with Gasteiger partial charge in [0.2, 0.25) is 0 Å². The number of fused-ring (bicyclic) bond motifs is 3. The van der Waals surface area contributed by atoms with E-state index in [-0.39, 0.29) is 0 Å². The van der Waals surface area contributed by atoms with Crippen LogP contribution in [0.4, 0.5) is 17.1 Å². The third-order valence-corrected chi connectivity index (χ3v) is 8.19. The molecule has 2 heteroatoms. The summed E-state index contributed by atoms with van der Waals surface area (Å²) in [5.41, 5.74) is 11.8. The van der Waals surface area contributed by atoms with Crippen molar-refractivity contribution in [2.24, 2.45) is 0 Å². The van der Waals surface area contributed by atoms with Gasteiger partial charge in [0.1, 0.15) is 5.58 Å². The Morgan fingerprint density at radius 3 is 1.87 bits per heavy atom. The Kier molecular flexibility index (Phi) is 7.70. The molecule has 0 unspecified atom stereocenters. The number of rotatable bonds is 8. The predicted octanol–water partition coefficient (Wildman–Crippen LogP) is 12.5. The molecule has 0 saturated carbocycles. The average molecular weight is 580 g/mol. The number of para-hydroxylation sites is 2. The van der Waals surface area contributed by atoms with Gasteiger partial charge in [0.15, 0.2) is 5.58 Å². The molecule has 0 radical (unpaired) electrons. The van der Waals surface area contributed by atoms with Crippen molar-refractivity contribution in [3.8, 4) is 22.3 Å². The zero-order chi connectivity index (χ0) is 30.6. The Morgan fingerprint density at radius 1 is 0.578 bits per heavy atom. The van der Waals surface area contributed by atoms with E-state index in [1.807, 2.05) is 24.3 Å². The van der Waals surface area contributed by atoms with Crippen LogP contribution in [0.2, 0.25) is 0 Å². The van der Waals surface area contributed by atoms with Gasteiger partial charge in [-0.25, -0.2) is 0 Å². The molecule has 6 aromatic carbocycles. The molecular weight excluding hydrogens is 546 g/mol. The Morgan fingerprint density at radius 2 is 1.20 bits per heavy atom. The fourth-order valence-electron chi connectivity index (χ4n) is 5.92. The van der Waals surface area contributed by atoms with Crippen LogP contribution in [0.1, 0.15) is 12.5 Å². The van der Waals surface area contributed by atoms with Gasteiger partial charge in [-0.15, -0.1) is 0 Å². The smallest absolute Gasteiger partial charge is 0.159 e. The van der Waals surface area contributed by atoms with Crippen LogP contribution in [0.25, 0.3) is 49.8 Å². The summed E-state index contributed by atoms with van der Waals surface area (Å²) in [6, 6.07) is 51.5. The summed E-state index contributed by atoms with van der Waals surface area (Å²) in [6.45, 7) is 5.91. The van der Waals surface area contributed by atoms with Gasteiger partial charge in [-0.3, -0.25) is 0 Å². The number of benzene rings is 6. The second kappa shape index (κ2) is 12.4. The predicted molar refractivity (Wildman–Crippen MR) is 192 cm³/mol. The fourth-order valence-corrected chi connectivity index (χ4v) is 5.92. The largest absolute Gasteiger partial charge is 0.454 e. The standard InChI is InChI=1S/C43H33NO/c1-3-4-7-15-31(2)32-24-26-37(27-25-32)44(41-22-14-21-40-39-20-12-13-23-42(39)45-43(40)41)38-29-35(33-16-8-5-9-17-33)28-36(30-38)34-18-10-6-11-19-34/h3-30H,1H2,2H3/b7-4-,31-15+. The lowest BCUT2D eigenvalue weighted by atomic mass is 9.97. The fraction of sp³-hybridized carbons (Fsp3) is 0.0233. The maximum Gasteiger partial charge on any atom is 0.159 e. The number of hydrogen-bond donors (Lipinski definition) is 0. The highest BCUT2D eigenvalue weighted by Gasteiger charge is 2.21. The highest BCUT2D eigenvalue weighted by atomic mass is 16.3. The molecule has 0 aliphatic carbocycles. The molecule has 45 heavy (non-hydrogen) atoms. The molecule has 0 bridgehead atoms. The summed E-state index contributed by atoms with van der Waals surface area (Å²) in [6.07, 6.45) is 7.86. The van der Waals surface area contributed by atoms with Crippen molar-refractivity contribution in [1.82, 2.24) is 0 Å². The van der Waals surface area contributed by atoms with Gasteiger partial charge < -0.3 is 9.32 Å². The Bertz CT molecular complexity index is 2110. The van der Waals surface area contributed by atoms with Crippen LogP contribution in [-0.2, 0) is 0 Å². The van der Waals surface area contributed by atoms with Crippen LogP contribution in [-0.4, -0.2) is 0 Å². The van der Waals surface area contributed by atoms with Gasteiger partial charge in [-0.05, 0) is 82.8 Å². The van der Waals surface area contributed by atoms with Crippen LogP contribution < -0.4 is 4.90 Å². The molecule has 0 aliphatic rings. The molecule has 0 spiro atoms. The summed E-state index contributed by atoms with van der Waals surface area (Å²) in [5.74, 6) is 0. The van der Waals surface area contributed by atoms with E-state index < -0.39 is 0 Å². The van der Waals surface area contributed by atoms with E-state index in [1.165, 1.54) is 16.7 Å². The summed E-state index contributed by atoms with van der Waals surface area (Å²) in [5, 5.41) is 2.21. The molecule has 7 rings (SSSR count). The van der Waals surface area contributed by atoms with Crippen molar-refractivity contribution in [3.05, 3.63) is 182 Å². The molecular formula is C43H33NO. The first-order valence-electron chi connectivity index (χ1n) is 15.2. The third kappa shape index (κ3) is 5.62. The molecule has 0 saturated heterocycles. The Hall–Kier alpha value is -5.86. The zero-order valence-electron chi connectivity index (χ0n) is 25.2. The normalized spacial score (nSPS) is 11.8. The summed E-state index contributed by atoms with van der Waals surface area (Å²) in [7, 11) is 0. The molecule has 1 aromatic heterocycles. The Balaban J connectivity index is 1.47. The van der Waals surface area contributed by atoms with E-state index in [4.69, 9.17) is 4.42 Å². The number of hydrogen-bond acceptors (Lipinski definition) is 2. The quantitative estimate of drug-likeness (QED) is 0.167. The highest BCUT2D eigenvalue weighted by molar-refractivity contribution is 6.10. The number of anilines is 3. The first-order chi connectivity index (χ1) is 22.2. The molecule has 0 fully saturated rings. The van der Waals surface area contributed by atoms with Gasteiger partial charge in [0, 0.05) is 22.1 Å². The summed E-state index contributed by atoms with van der Waals surface area (Å²) < 4.78 is 6.59. The molecule has 0 N–H and O–H groups in total. The van der Waals surface area contributed by atoms with Gasteiger partial charge in [-0.2, -0.15) is 0 Å². The van der Waals surface area contributed by atoms with Crippen molar-refractivity contribution in [1.29, 1.82) is 0 Å². The maximum atomic E-state index is 6.59. The lowest BCUT2D eigenvalue weighted by Crippen LogP contribution is -2.10. The van der Waals surface area contributed by atoms with Crippen molar-refractivity contribution < 1.29 is 4.42 Å². The highest BCUT2D eigenvalue weighted by Crippen LogP contribution is 2.44. The van der Waals surface area contributed by atoms with E-state index in [0.717, 1.165) is 55.7 Å². The number of nitrogens with zero attached hydrogens (tertiary/aromatic N) is 1. The van der Waals surface area contributed by atoms with E-state index in [9.17, 15) is 0 Å². The minimum absolute atomic E-state index is 0.861. The number of allylic oxidation sites excluding steroid dienone is 5. The topological polar surface area (TPSA) is 16.4 Å². The average Bonchev–Trinajstić information content (AvgIpc) is 3.49. The van der Waals surface area contributed by atoms with Crippen LogP contribution in [0.5, 0.6) is 0 Å². The first-order valence-corrected chi connectivity index (χ1v) is 15.2. The van der Waals surface area contributed by atoms with Crippen molar-refractivity contribution >= 4 is 44.6 Å². The molecule has 216 valence electrons. The summed E-state index contributed by atoms with van der Waals surface area (Å²) >= 11 is 0. The van der Waals surface area contributed by atoms with E-state index in [1.54, 1.807) is 6.08 Å². The molecule has 0 atom stereocenters. The molecule has 2 nitrogen and oxygen atoms in total. The second-order valence-electron chi connectivity index (χ2n) is 11.1. The van der Waals surface area contributed by atoms with Crippen LogP contribution in [0.3, 0.4) is 0 Å². The summed E-state index contributed by atoms with van der Waals surface area (Å²) in [4.78, 5) is 2.32. The SMILES string of the molecule is C=C/C=C\C=C(/C)c1ccc(N(c2cc(-c3ccccc3)cc(-c3ccccc3)c2)c2cccc3c2oc2ccccc23)cc1. The second-order valence-corrected chi connectivity index (χ2v) is 11.1. The molecule has 0 aliphatic heterocycles. The number of furan rings is 1. The van der Waals surface area contributed by atoms with E-state index in [0.29, 0.717) is 0 Å². The van der Waals surface area contributed by atoms with Crippen LogP contribution >= 0.6 is 0 Å². The molecule has 1 heterocycles. The van der Waals surface area contributed by atoms with Gasteiger partial charge >= 0.3 is 0 Å². The molecule has 0 amide bonds. The van der Waals surface area contributed by atoms with Crippen molar-refractivity contribution in [3.63, 3.8) is 0 Å². The van der Waals surface area contributed by atoms with Crippen LogP contribution in [0.15, 0.2) is 181 Å². The molecule has 7 aromatic rings. The minimum Gasteiger partial charge on any atom is -0.454 e. The Labute approximate surface area is 264 Å². The van der Waals surface area contributed by atoms with Gasteiger partial charge in [0.25, 0.3) is 0 Å². The van der Waals surface area contributed by atoms with Crippen LogP contribution in [0, 0.1) is 0 Å². The minimum atomic E-state index is 0.861.